The van der Waals surface area contributed by atoms with E-state index in [0.717, 1.165) is 19.4 Å². The molecule has 3 unspecified atom stereocenters. The second-order valence-corrected chi connectivity index (χ2v) is 5.56. The second kappa shape index (κ2) is 5.00. The van der Waals surface area contributed by atoms with Gasteiger partial charge in [-0.3, -0.25) is 4.90 Å². The summed E-state index contributed by atoms with van der Waals surface area (Å²) < 4.78 is 0. The van der Waals surface area contributed by atoms with Crippen LogP contribution in [0.25, 0.3) is 0 Å². The number of likely N-dealkylation sites (tertiary alicyclic amines) is 1. The first-order valence-electron chi connectivity index (χ1n) is 7.02. The summed E-state index contributed by atoms with van der Waals surface area (Å²) in [5.74, 6) is 0. The zero-order chi connectivity index (χ0) is 12.5. The molecule has 1 aliphatic carbocycles. The molecule has 0 radical (unpaired) electrons. The Morgan fingerprint density at radius 2 is 2.00 bits per heavy atom. The Morgan fingerprint density at radius 1 is 1.22 bits per heavy atom. The van der Waals surface area contributed by atoms with E-state index in [2.05, 4.69) is 29.2 Å². The molecule has 2 aliphatic rings. The molecule has 1 fully saturated rings. The van der Waals surface area contributed by atoms with Crippen LogP contribution in [0.3, 0.4) is 0 Å². The standard InChI is InChI=1S/C15H22N2O/c16-14-9-15(13-7-2-1-6-12(13)14)17-8-4-3-5-11(17)10-18/h1-2,6-7,11,14-15,18H,3-5,8-10,16H2. The minimum atomic E-state index is 0.160. The van der Waals surface area contributed by atoms with Gasteiger partial charge in [0.1, 0.15) is 0 Å². The Kier molecular flexibility index (Phi) is 3.37. The maximum atomic E-state index is 9.56. The number of hydrogen-bond donors (Lipinski definition) is 2. The van der Waals surface area contributed by atoms with Crippen LogP contribution in [0.5, 0.6) is 0 Å². The van der Waals surface area contributed by atoms with Crippen molar-refractivity contribution in [2.24, 2.45) is 5.73 Å². The molecule has 0 saturated carbocycles. The Bertz CT molecular complexity index is 421. The molecule has 1 aliphatic heterocycles. The van der Waals surface area contributed by atoms with Crippen LogP contribution in [-0.4, -0.2) is 29.2 Å². The molecular weight excluding hydrogens is 224 g/mol. The highest BCUT2D eigenvalue weighted by molar-refractivity contribution is 5.37. The van der Waals surface area contributed by atoms with Crippen molar-refractivity contribution in [1.29, 1.82) is 0 Å². The Hall–Kier alpha value is -0.900. The Morgan fingerprint density at radius 3 is 2.78 bits per heavy atom. The van der Waals surface area contributed by atoms with Crippen LogP contribution in [0.2, 0.25) is 0 Å². The summed E-state index contributed by atoms with van der Waals surface area (Å²) in [5.41, 5.74) is 8.92. The first-order chi connectivity index (χ1) is 8.81. The number of aliphatic hydroxyl groups excluding tert-OH is 1. The largest absolute Gasteiger partial charge is 0.395 e. The van der Waals surface area contributed by atoms with Crippen molar-refractivity contribution in [3.8, 4) is 0 Å². The molecule has 0 amide bonds. The summed E-state index contributed by atoms with van der Waals surface area (Å²) in [5, 5.41) is 9.56. The lowest BCUT2D eigenvalue weighted by Crippen LogP contribution is -2.43. The van der Waals surface area contributed by atoms with Crippen molar-refractivity contribution in [3.05, 3.63) is 35.4 Å². The van der Waals surface area contributed by atoms with Crippen molar-refractivity contribution < 1.29 is 5.11 Å². The van der Waals surface area contributed by atoms with Crippen molar-refractivity contribution >= 4 is 0 Å². The van der Waals surface area contributed by atoms with Gasteiger partial charge in [0, 0.05) is 18.1 Å². The average Bonchev–Trinajstić information content (AvgIpc) is 2.77. The predicted octanol–water partition coefficient (Wildman–Crippen LogP) is 1.98. The van der Waals surface area contributed by atoms with Crippen LogP contribution in [0, 0.1) is 0 Å². The fourth-order valence-corrected chi connectivity index (χ4v) is 3.59. The predicted molar refractivity (Wildman–Crippen MR) is 72.2 cm³/mol. The van der Waals surface area contributed by atoms with Gasteiger partial charge in [-0.1, -0.05) is 30.7 Å². The van der Waals surface area contributed by atoms with Crippen LogP contribution >= 0.6 is 0 Å². The lowest BCUT2D eigenvalue weighted by atomic mass is 9.97. The summed E-state index contributed by atoms with van der Waals surface area (Å²) in [6.07, 6.45) is 4.59. The second-order valence-electron chi connectivity index (χ2n) is 5.56. The molecule has 3 atom stereocenters. The van der Waals surface area contributed by atoms with E-state index in [-0.39, 0.29) is 12.6 Å². The first kappa shape index (κ1) is 12.2. The number of nitrogens with two attached hydrogens (primary N) is 1. The molecular formula is C15H22N2O. The van der Waals surface area contributed by atoms with Crippen LogP contribution < -0.4 is 5.73 Å². The molecule has 1 saturated heterocycles. The molecule has 3 nitrogen and oxygen atoms in total. The quantitative estimate of drug-likeness (QED) is 0.839. The normalized spacial score (nSPS) is 32.4. The van der Waals surface area contributed by atoms with E-state index in [9.17, 15) is 5.11 Å². The van der Waals surface area contributed by atoms with E-state index in [1.807, 2.05) is 0 Å². The fourth-order valence-electron chi connectivity index (χ4n) is 3.59. The first-order valence-corrected chi connectivity index (χ1v) is 7.02. The molecule has 0 aromatic heterocycles. The molecule has 3 heteroatoms. The van der Waals surface area contributed by atoms with E-state index < -0.39 is 0 Å². The highest BCUT2D eigenvalue weighted by Gasteiger charge is 2.36. The van der Waals surface area contributed by atoms with Gasteiger partial charge >= 0.3 is 0 Å². The molecule has 98 valence electrons. The van der Waals surface area contributed by atoms with E-state index >= 15 is 0 Å². The Balaban J connectivity index is 1.89. The number of piperidine rings is 1. The van der Waals surface area contributed by atoms with Gasteiger partial charge < -0.3 is 10.8 Å². The van der Waals surface area contributed by atoms with E-state index in [4.69, 9.17) is 5.73 Å². The monoisotopic (exact) mass is 246 g/mol. The third kappa shape index (κ3) is 1.96. The zero-order valence-electron chi connectivity index (χ0n) is 10.8. The SMILES string of the molecule is NC1CC(N2CCCCC2CO)c2ccccc21. The third-order valence-corrected chi connectivity index (χ3v) is 4.52. The van der Waals surface area contributed by atoms with Crippen LogP contribution in [0.4, 0.5) is 0 Å². The summed E-state index contributed by atoms with van der Waals surface area (Å²) in [6, 6.07) is 9.42. The minimum Gasteiger partial charge on any atom is -0.395 e. The van der Waals surface area contributed by atoms with Crippen LogP contribution in [0.1, 0.15) is 48.9 Å². The molecule has 1 aromatic rings. The third-order valence-electron chi connectivity index (χ3n) is 4.52. The highest BCUT2D eigenvalue weighted by atomic mass is 16.3. The molecule has 1 heterocycles. The lowest BCUT2D eigenvalue weighted by Gasteiger charge is -2.39. The van der Waals surface area contributed by atoms with Gasteiger partial charge in [-0.2, -0.15) is 0 Å². The molecule has 3 rings (SSSR count). The number of hydrogen-bond acceptors (Lipinski definition) is 3. The molecule has 1 aromatic carbocycles. The van der Waals surface area contributed by atoms with Gasteiger partial charge in [0.05, 0.1) is 6.61 Å². The van der Waals surface area contributed by atoms with Gasteiger partial charge in [-0.05, 0) is 36.9 Å². The molecule has 18 heavy (non-hydrogen) atoms. The topological polar surface area (TPSA) is 49.5 Å². The fraction of sp³-hybridized carbons (Fsp3) is 0.600. The van der Waals surface area contributed by atoms with E-state index in [1.54, 1.807) is 0 Å². The summed E-state index contributed by atoms with van der Waals surface area (Å²) in [7, 11) is 0. The maximum Gasteiger partial charge on any atom is 0.0587 e. The highest BCUT2D eigenvalue weighted by Crippen LogP contribution is 2.42. The lowest BCUT2D eigenvalue weighted by molar-refractivity contribution is 0.0511. The van der Waals surface area contributed by atoms with Gasteiger partial charge in [-0.25, -0.2) is 0 Å². The van der Waals surface area contributed by atoms with Crippen molar-refractivity contribution in [2.75, 3.05) is 13.2 Å². The van der Waals surface area contributed by atoms with Crippen molar-refractivity contribution in [3.63, 3.8) is 0 Å². The van der Waals surface area contributed by atoms with Crippen LogP contribution in [-0.2, 0) is 0 Å². The smallest absolute Gasteiger partial charge is 0.0587 e. The van der Waals surface area contributed by atoms with Crippen molar-refractivity contribution in [1.82, 2.24) is 4.90 Å². The maximum absolute atomic E-state index is 9.56. The number of nitrogens with zero attached hydrogens (tertiary/aromatic N) is 1. The number of aliphatic hydroxyl groups is 1. The molecule has 0 bridgehead atoms. The van der Waals surface area contributed by atoms with Gasteiger partial charge in [0.2, 0.25) is 0 Å². The van der Waals surface area contributed by atoms with E-state index in [0.29, 0.717) is 12.1 Å². The van der Waals surface area contributed by atoms with E-state index in [1.165, 1.54) is 24.0 Å². The molecule has 0 spiro atoms. The number of rotatable bonds is 2. The molecule has 3 N–H and O–H groups in total. The number of benzene rings is 1. The minimum absolute atomic E-state index is 0.160. The van der Waals surface area contributed by atoms with Gasteiger partial charge in [0.15, 0.2) is 0 Å². The summed E-state index contributed by atoms with van der Waals surface area (Å²) in [6.45, 7) is 1.37. The zero-order valence-corrected chi connectivity index (χ0v) is 10.8. The summed E-state index contributed by atoms with van der Waals surface area (Å²) >= 11 is 0. The average molecular weight is 246 g/mol. The van der Waals surface area contributed by atoms with Crippen molar-refractivity contribution in [2.45, 2.75) is 43.8 Å². The van der Waals surface area contributed by atoms with Gasteiger partial charge in [0.25, 0.3) is 0 Å². The van der Waals surface area contributed by atoms with Crippen LogP contribution in [0.15, 0.2) is 24.3 Å². The number of fused-ring (bicyclic) bond motifs is 1. The summed E-state index contributed by atoms with van der Waals surface area (Å²) in [4.78, 5) is 2.48. The van der Waals surface area contributed by atoms with Gasteiger partial charge in [-0.15, -0.1) is 0 Å². The Labute approximate surface area is 109 Å².